The van der Waals surface area contributed by atoms with E-state index in [1.165, 1.54) is 0 Å². The standard InChI is InChI=1S/C14H20O4/c1-14(2)17-9-13(18-14)11-6-4-10(5-7-11)12(8-15)16-3/h4-7,12-13,15H,8-9H2,1-3H3. The average molecular weight is 252 g/mol. The Labute approximate surface area is 107 Å². The minimum absolute atomic E-state index is 0.0219. The summed E-state index contributed by atoms with van der Waals surface area (Å²) >= 11 is 0. The monoisotopic (exact) mass is 252 g/mol. The second-order valence-electron chi connectivity index (χ2n) is 4.89. The van der Waals surface area contributed by atoms with Gasteiger partial charge in [0.1, 0.15) is 12.2 Å². The number of rotatable bonds is 4. The first kappa shape index (κ1) is 13.5. The van der Waals surface area contributed by atoms with Gasteiger partial charge in [0, 0.05) is 7.11 Å². The van der Waals surface area contributed by atoms with Crippen molar-refractivity contribution in [2.45, 2.75) is 31.8 Å². The Hall–Kier alpha value is -0.940. The molecule has 2 rings (SSSR count). The molecule has 1 heterocycles. The fourth-order valence-electron chi connectivity index (χ4n) is 2.09. The Kier molecular flexibility index (Phi) is 4.02. The summed E-state index contributed by atoms with van der Waals surface area (Å²) in [5.41, 5.74) is 2.04. The molecule has 0 amide bonds. The molecule has 0 aromatic heterocycles. The van der Waals surface area contributed by atoms with Gasteiger partial charge in [-0.05, 0) is 25.0 Å². The molecule has 2 atom stereocenters. The molecule has 1 aromatic rings. The Morgan fingerprint density at radius 2 is 2.06 bits per heavy atom. The van der Waals surface area contributed by atoms with Gasteiger partial charge in [0.2, 0.25) is 0 Å². The Morgan fingerprint density at radius 3 is 2.50 bits per heavy atom. The number of aliphatic hydroxyl groups excluding tert-OH is 1. The molecule has 4 nitrogen and oxygen atoms in total. The van der Waals surface area contributed by atoms with Gasteiger partial charge in [-0.15, -0.1) is 0 Å². The molecule has 0 spiro atoms. The van der Waals surface area contributed by atoms with E-state index in [1.807, 2.05) is 38.1 Å². The summed E-state index contributed by atoms with van der Waals surface area (Å²) in [5, 5.41) is 9.16. The minimum atomic E-state index is -0.510. The first-order chi connectivity index (χ1) is 8.55. The van der Waals surface area contributed by atoms with Gasteiger partial charge in [0.05, 0.1) is 13.2 Å². The highest BCUT2D eigenvalue weighted by atomic mass is 16.7. The topological polar surface area (TPSA) is 47.9 Å². The number of aliphatic hydroxyl groups is 1. The van der Waals surface area contributed by atoms with E-state index >= 15 is 0 Å². The van der Waals surface area contributed by atoms with Crippen molar-refractivity contribution in [1.29, 1.82) is 0 Å². The van der Waals surface area contributed by atoms with Crippen molar-refractivity contribution in [3.8, 4) is 0 Å². The van der Waals surface area contributed by atoms with E-state index in [1.54, 1.807) is 7.11 Å². The summed E-state index contributed by atoms with van der Waals surface area (Å²) in [5.74, 6) is -0.510. The van der Waals surface area contributed by atoms with Crippen LogP contribution < -0.4 is 0 Å². The molecule has 1 fully saturated rings. The molecule has 1 N–H and O–H groups in total. The number of ether oxygens (including phenoxy) is 3. The maximum Gasteiger partial charge on any atom is 0.163 e. The van der Waals surface area contributed by atoms with Crippen LogP contribution in [0, 0.1) is 0 Å². The van der Waals surface area contributed by atoms with Gasteiger partial charge in [0.15, 0.2) is 5.79 Å². The van der Waals surface area contributed by atoms with Crippen LogP contribution in [0.15, 0.2) is 24.3 Å². The first-order valence-electron chi connectivity index (χ1n) is 6.11. The third kappa shape index (κ3) is 2.90. The minimum Gasteiger partial charge on any atom is -0.393 e. The third-order valence-electron chi connectivity index (χ3n) is 3.14. The van der Waals surface area contributed by atoms with E-state index in [0.29, 0.717) is 6.61 Å². The van der Waals surface area contributed by atoms with E-state index in [2.05, 4.69) is 0 Å². The molecule has 1 saturated heterocycles. The first-order valence-corrected chi connectivity index (χ1v) is 6.11. The van der Waals surface area contributed by atoms with Crippen molar-refractivity contribution < 1.29 is 19.3 Å². The smallest absolute Gasteiger partial charge is 0.163 e. The highest BCUT2D eigenvalue weighted by Gasteiger charge is 2.33. The van der Waals surface area contributed by atoms with Gasteiger partial charge in [-0.25, -0.2) is 0 Å². The summed E-state index contributed by atoms with van der Waals surface area (Å²) in [6.07, 6.45) is -0.291. The lowest BCUT2D eigenvalue weighted by atomic mass is 10.0. The molecule has 100 valence electrons. The zero-order chi connectivity index (χ0) is 13.2. The average Bonchev–Trinajstić information content (AvgIpc) is 2.72. The van der Waals surface area contributed by atoms with Crippen LogP contribution in [0.5, 0.6) is 0 Å². The quantitative estimate of drug-likeness (QED) is 0.892. The van der Waals surface area contributed by atoms with Gasteiger partial charge in [-0.1, -0.05) is 24.3 Å². The van der Waals surface area contributed by atoms with Crippen molar-refractivity contribution in [2.24, 2.45) is 0 Å². The van der Waals surface area contributed by atoms with Gasteiger partial charge in [-0.3, -0.25) is 0 Å². The van der Waals surface area contributed by atoms with Gasteiger partial charge >= 0.3 is 0 Å². The van der Waals surface area contributed by atoms with Crippen LogP contribution in [-0.2, 0) is 14.2 Å². The molecule has 18 heavy (non-hydrogen) atoms. The Balaban J connectivity index is 2.08. The van der Waals surface area contributed by atoms with E-state index < -0.39 is 5.79 Å². The van der Waals surface area contributed by atoms with Gasteiger partial charge < -0.3 is 19.3 Å². The molecule has 0 bridgehead atoms. The molecular formula is C14H20O4. The second-order valence-corrected chi connectivity index (χ2v) is 4.89. The predicted octanol–water partition coefficient (Wildman–Crippen LogP) is 2.19. The molecular weight excluding hydrogens is 232 g/mol. The maximum absolute atomic E-state index is 9.16. The van der Waals surface area contributed by atoms with E-state index in [9.17, 15) is 0 Å². The third-order valence-corrected chi connectivity index (χ3v) is 3.14. The van der Waals surface area contributed by atoms with Crippen molar-refractivity contribution in [1.82, 2.24) is 0 Å². The van der Waals surface area contributed by atoms with Crippen LogP contribution in [0.3, 0.4) is 0 Å². The number of benzene rings is 1. The predicted molar refractivity (Wildman–Crippen MR) is 67.1 cm³/mol. The Morgan fingerprint density at radius 1 is 1.39 bits per heavy atom. The second kappa shape index (κ2) is 5.36. The molecule has 4 heteroatoms. The molecule has 1 aliphatic heterocycles. The fraction of sp³-hybridized carbons (Fsp3) is 0.571. The lowest BCUT2D eigenvalue weighted by molar-refractivity contribution is -0.139. The van der Waals surface area contributed by atoms with E-state index in [4.69, 9.17) is 19.3 Å². The number of hydrogen-bond acceptors (Lipinski definition) is 4. The zero-order valence-electron chi connectivity index (χ0n) is 11.1. The summed E-state index contributed by atoms with van der Waals surface area (Å²) < 4.78 is 16.5. The van der Waals surface area contributed by atoms with Crippen LogP contribution in [0.1, 0.15) is 37.2 Å². The summed E-state index contributed by atoms with van der Waals surface area (Å²) in [6, 6.07) is 7.89. The summed E-state index contributed by atoms with van der Waals surface area (Å²) in [4.78, 5) is 0. The van der Waals surface area contributed by atoms with Crippen LogP contribution in [0.25, 0.3) is 0 Å². The van der Waals surface area contributed by atoms with Crippen molar-refractivity contribution in [2.75, 3.05) is 20.3 Å². The normalized spacial score (nSPS) is 24.1. The lowest BCUT2D eigenvalue weighted by Gasteiger charge is -2.18. The highest BCUT2D eigenvalue weighted by Crippen LogP contribution is 2.33. The van der Waals surface area contributed by atoms with Crippen LogP contribution in [-0.4, -0.2) is 31.2 Å². The van der Waals surface area contributed by atoms with Gasteiger partial charge in [0.25, 0.3) is 0 Å². The van der Waals surface area contributed by atoms with Crippen LogP contribution in [0.4, 0.5) is 0 Å². The molecule has 0 radical (unpaired) electrons. The van der Waals surface area contributed by atoms with Crippen molar-refractivity contribution in [3.05, 3.63) is 35.4 Å². The Bertz CT molecular complexity index is 381. The SMILES string of the molecule is COC(CO)c1ccc(C2COC(C)(C)O2)cc1. The van der Waals surface area contributed by atoms with Crippen LogP contribution in [0.2, 0.25) is 0 Å². The van der Waals surface area contributed by atoms with E-state index in [-0.39, 0.29) is 18.8 Å². The molecule has 0 aliphatic carbocycles. The highest BCUT2D eigenvalue weighted by molar-refractivity contribution is 5.26. The van der Waals surface area contributed by atoms with Crippen molar-refractivity contribution in [3.63, 3.8) is 0 Å². The van der Waals surface area contributed by atoms with Crippen LogP contribution >= 0.6 is 0 Å². The zero-order valence-corrected chi connectivity index (χ0v) is 11.1. The lowest BCUT2D eigenvalue weighted by Crippen LogP contribution is -2.19. The molecule has 1 aliphatic rings. The molecule has 1 aromatic carbocycles. The summed E-state index contributed by atoms with van der Waals surface area (Å²) in [6.45, 7) is 4.37. The van der Waals surface area contributed by atoms with Gasteiger partial charge in [-0.2, -0.15) is 0 Å². The summed E-state index contributed by atoms with van der Waals surface area (Å²) in [7, 11) is 1.59. The fourth-order valence-corrected chi connectivity index (χ4v) is 2.09. The largest absolute Gasteiger partial charge is 0.393 e. The molecule has 0 saturated carbocycles. The van der Waals surface area contributed by atoms with E-state index in [0.717, 1.165) is 11.1 Å². The number of hydrogen-bond donors (Lipinski definition) is 1. The number of methoxy groups -OCH3 is 1. The van der Waals surface area contributed by atoms with Crippen molar-refractivity contribution >= 4 is 0 Å². The maximum atomic E-state index is 9.16. The molecule has 2 unspecified atom stereocenters.